The molecule has 6 nitrogen and oxygen atoms in total. The molecular formula is C26H37N3O3S. The van der Waals surface area contributed by atoms with Gasteiger partial charge in [0.2, 0.25) is 10.0 Å². The number of aryl methyl sites for hydroxylation is 1. The molecule has 1 aromatic heterocycles. The van der Waals surface area contributed by atoms with E-state index in [2.05, 4.69) is 57.9 Å². The number of anilines is 1. The Bertz CT molecular complexity index is 991. The molecule has 1 aliphatic heterocycles. The van der Waals surface area contributed by atoms with Crippen LogP contribution in [0.3, 0.4) is 0 Å². The number of hydrogen-bond acceptors (Lipinski definition) is 5. The van der Waals surface area contributed by atoms with Gasteiger partial charge in [-0.1, -0.05) is 43.3 Å². The highest BCUT2D eigenvalue weighted by Gasteiger charge is 2.33. The van der Waals surface area contributed by atoms with Gasteiger partial charge in [-0.2, -0.15) is 0 Å². The summed E-state index contributed by atoms with van der Waals surface area (Å²) in [5.74, 6) is 1.73. The zero-order valence-electron chi connectivity index (χ0n) is 19.8. The Morgan fingerprint density at radius 2 is 1.82 bits per heavy atom. The van der Waals surface area contributed by atoms with Gasteiger partial charge in [0.15, 0.2) is 0 Å². The first-order chi connectivity index (χ1) is 15.9. The Morgan fingerprint density at radius 3 is 2.52 bits per heavy atom. The van der Waals surface area contributed by atoms with E-state index in [0.717, 1.165) is 57.4 Å². The number of nitrogens with zero attached hydrogens (tertiary/aromatic N) is 2. The Labute approximate surface area is 198 Å². The fourth-order valence-corrected chi connectivity index (χ4v) is 6.22. The topological polar surface area (TPSA) is 71.5 Å². The van der Waals surface area contributed by atoms with Crippen LogP contribution in [0.1, 0.15) is 56.1 Å². The molecule has 0 spiro atoms. The summed E-state index contributed by atoms with van der Waals surface area (Å²) in [5, 5.41) is 0. The van der Waals surface area contributed by atoms with Gasteiger partial charge < -0.3 is 9.64 Å². The van der Waals surface area contributed by atoms with Crippen molar-refractivity contribution < 1.29 is 13.2 Å². The molecule has 7 heteroatoms. The second kappa shape index (κ2) is 11.0. The molecule has 1 aromatic carbocycles. The Balaban J connectivity index is 1.38. The Morgan fingerprint density at radius 1 is 1.06 bits per heavy atom. The molecule has 0 amide bonds. The lowest BCUT2D eigenvalue weighted by molar-refractivity contribution is -0.00214. The minimum absolute atomic E-state index is 0.0898. The van der Waals surface area contributed by atoms with Crippen LogP contribution in [-0.4, -0.2) is 51.5 Å². The summed E-state index contributed by atoms with van der Waals surface area (Å²) in [4.78, 5) is 6.95. The van der Waals surface area contributed by atoms with Crippen LogP contribution in [0.5, 0.6) is 0 Å². The van der Waals surface area contributed by atoms with E-state index in [1.165, 1.54) is 17.4 Å². The van der Waals surface area contributed by atoms with Gasteiger partial charge in [-0.05, 0) is 61.6 Å². The summed E-state index contributed by atoms with van der Waals surface area (Å²) in [5.41, 5.74) is 2.66. The lowest BCUT2D eigenvalue weighted by Gasteiger charge is -2.40. The van der Waals surface area contributed by atoms with Gasteiger partial charge in [0, 0.05) is 31.2 Å². The third-order valence-electron chi connectivity index (χ3n) is 7.14. The van der Waals surface area contributed by atoms with Crippen molar-refractivity contribution in [2.45, 2.75) is 63.5 Å². The number of piperidine rings is 1. The zero-order valence-corrected chi connectivity index (χ0v) is 20.6. The first-order valence-electron chi connectivity index (χ1n) is 12.3. The summed E-state index contributed by atoms with van der Waals surface area (Å²) in [6.45, 7) is 4.25. The normalized spacial score (nSPS) is 26.3. The molecule has 180 valence electrons. The second-order valence-electron chi connectivity index (χ2n) is 9.55. The molecule has 1 N–H and O–H groups in total. The van der Waals surface area contributed by atoms with Gasteiger partial charge in [-0.15, -0.1) is 0 Å². The highest BCUT2D eigenvalue weighted by atomic mass is 32.2. The first-order valence-corrected chi connectivity index (χ1v) is 14.1. The van der Waals surface area contributed by atoms with Crippen LogP contribution in [0, 0.1) is 5.92 Å². The van der Waals surface area contributed by atoms with Gasteiger partial charge in [0.1, 0.15) is 5.82 Å². The van der Waals surface area contributed by atoms with E-state index in [4.69, 9.17) is 4.74 Å². The van der Waals surface area contributed by atoms with E-state index in [0.29, 0.717) is 12.5 Å². The quantitative estimate of drug-likeness (QED) is 0.627. The van der Waals surface area contributed by atoms with Crippen molar-refractivity contribution in [1.82, 2.24) is 9.71 Å². The van der Waals surface area contributed by atoms with Crippen LogP contribution >= 0.6 is 0 Å². The fourth-order valence-electron chi connectivity index (χ4n) is 5.36. The maximum atomic E-state index is 12.0. The first kappa shape index (κ1) is 24.2. The third-order valence-corrected chi connectivity index (χ3v) is 7.87. The molecule has 0 unspecified atom stereocenters. The van der Waals surface area contributed by atoms with Crippen molar-refractivity contribution >= 4 is 15.8 Å². The Kier molecular flexibility index (Phi) is 8.04. The van der Waals surface area contributed by atoms with Gasteiger partial charge in [0.05, 0.1) is 19.0 Å². The molecule has 4 rings (SSSR count). The summed E-state index contributed by atoms with van der Waals surface area (Å²) in [6.07, 6.45) is 9.41. The van der Waals surface area contributed by atoms with Gasteiger partial charge in [-0.3, -0.25) is 0 Å². The number of rotatable bonds is 8. The van der Waals surface area contributed by atoms with Crippen molar-refractivity contribution in [3.63, 3.8) is 0 Å². The van der Waals surface area contributed by atoms with E-state index >= 15 is 0 Å². The smallest absolute Gasteiger partial charge is 0.208 e. The highest BCUT2D eigenvalue weighted by Crippen LogP contribution is 2.34. The van der Waals surface area contributed by atoms with Gasteiger partial charge in [0.25, 0.3) is 0 Å². The third kappa shape index (κ3) is 6.55. The molecular weight excluding hydrogens is 434 g/mol. The van der Waals surface area contributed by atoms with Gasteiger partial charge in [-0.25, -0.2) is 18.1 Å². The number of nitrogens with one attached hydrogen (secondary N) is 1. The lowest BCUT2D eigenvalue weighted by Crippen LogP contribution is -2.53. The van der Waals surface area contributed by atoms with Gasteiger partial charge >= 0.3 is 0 Å². The summed E-state index contributed by atoms with van der Waals surface area (Å²) in [7, 11) is -3.27. The number of pyridine rings is 1. The molecule has 1 aliphatic carbocycles. The molecule has 0 bridgehead atoms. The van der Waals surface area contributed by atoms with Crippen molar-refractivity contribution in [2.75, 3.05) is 30.9 Å². The Hall–Kier alpha value is -1.96. The molecule has 2 fully saturated rings. The van der Waals surface area contributed by atoms with E-state index in [-0.39, 0.29) is 18.1 Å². The van der Waals surface area contributed by atoms with E-state index < -0.39 is 10.0 Å². The minimum atomic E-state index is -3.27. The number of hydrogen-bond donors (Lipinski definition) is 1. The molecule has 2 atom stereocenters. The summed E-state index contributed by atoms with van der Waals surface area (Å²) >= 11 is 0. The monoisotopic (exact) mass is 471 g/mol. The lowest BCUT2D eigenvalue weighted by atomic mass is 9.82. The van der Waals surface area contributed by atoms with Crippen molar-refractivity contribution in [3.05, 3.63) is 59.8 Å². The molecule has 1 saturated carbocycles. The largest absolute Gasteiger partial charge is 0.378 e. The average molecular weight is 472 g/mol. The average Bonchev–Trinajstić information content (AvgIpc) is 2.83. The standard InChI is InChI=1S/C26H37N3O3S/c1-3-20-10-7-16-27-26(20)29-17-15-25(28-33(2,30)31)23(18-29)19-32-24-13-11-22(12-14-24)21-8-5-4-6-9-21/h4-10,16,22-25,28H,3,11-15,17-19H2,1-2H3/t22-,23-,24+,25-/m0/s1. The van der Waals surface area contributed by atoms with Crippen LogP contribution in [0.2, 0.25) is 0 Å². The second-order valence-corrected chi connectivity index (χ2v) is 11.3. The minimum Gasteiger partial charge on any atom is -0.378 e. The van der Waals surface area contributed by atoms with Crippen molar-refractivity contribution in [3.8, 4) is 0 Å². The predicted octanol–water partition coefficient (Wildman–Crippen LogP) is 4.13. The number of sulfonamides is 1. The maximum absolute atomic E-state index is 12.0. The van der Waals surface area contributed by atoms with Crippen molar-refractivity contribution in [1.29, 1.82) is 0 Å². The van der Waals surface area contributed by atoms with Crippen LogP contribution in [0.15, 0.2) is 48.7 Å². The fraction of sp³-hybridized carbons (Fsp3) is 0.577. The van der Waals surface area contributed by atoms with Crippen LogP contribution < -0.4 is 9.62 Å². The van der Waals surface area contributed by atoms with Crippen molar-refractivity contribution in [2.24, 2.45) is 5.92 Å². The zero-order chi connectivity index (χ0) is 23.3. The van der Waals surface area contributed by atoms with E-state index in [1.54, 1.807) is 0 Å². The van der Waals surface area contributed by atoms with Crippen LogP contribution in [0.25, 0.3) is 0 Å². The van der Waals surface area contributed by atoms with E-state index in [9.17, 15) is 8.42 Å². The summed E-state index contributed by atoms with van der Waals surface area (Å²) < 4.78 is 33.3. The van der Waals surface area contributed by atoms with Crippen LogP contribution in [0.4, 0.5) is 5.82 Å². The molecule has 2 aromatic rings. The highest BCUT2D eigenvalue weighted by molar-refractivity contribution is 7.88. The molecule has 0 radical (unpaired) electrons. The molecule has 2 heterocycles. The molecule has 33 heavy (non-hydrogen) atoms. The summed E-state index contributed by atoms with van der Waals surface area (Å²) in [6, 6.07) is 14.8. The maximum Gasteiger partial charge on any atom is 0.208 e. The predicted molar refractivity (Wildman–Crippen MR) is 133 cm³/mol. The molecule has 2 aliphatic rings. The van der Waals surface area contributed by atoms with Crippen LogP contribution in [-0.2, 0) is 21.2 Å². The number of aromatic nitrogens is 1. The molecule has 1 saturated heterocycles. The number of benzene rings is 1. The van der Waals surface area contributed by atoms with E-state index in [1.807, 2.05) is 12.3 Å². The number of ether oxygens (including phenoxy) is 1. The SMILES string of the molecule is CCc1cccnc1N1CC[C@H](NS(C)(=O)=O)[C@H](CO[C@H]2CC[C@@H](c3ccccc3)CC2)C1.